The third-order valence-corrected chi connectivity index (χ3v) is 8.02. The van der Waals surface area contributed by atoms with Gasteiger partial charge >= 0.3 is 0 Å². The van der Waals surface area contributed by atoms with Gasteiger partial charge in [-0.2, -0.15) is 0 Å². The summed E-state index contributed by atoms with van der Waals surface area (Å²) in [4.78, 5) is 26.7. The van der Waals surface area contributed by atoms with Crippen molar-refractivity contribution in [2.45, 2.75) is 23.9 Å². The number of hydrogen-bond donors (Lipinski definition) is 1. The molecular weight excluding hydrogens is 542 g/mol. The number of benzene rings is 3. The third kappa shape index (κ3) is 7.06. The largest absolute Gasteiger partial charge is 0.497 e. The maximum absolute atomic E-state index is 12.9. The van der Waals surface area contributed by atoms with Crippen LogP contribution in [0.5, 0.6) is 5.75 Å². The lowest BCUT2D eigenvalue weighted by Crippen LogP contribution is -2.46. The van der Waals surface area contributed by atoms with E-state index in [-0.39, 0.29) is 11.9 Å². The number of halogens is 1. The van der Waals surface area contributed by atoms with Crippen molar-refractivity contribution in [1.82, 2.24) is 15.3 Å². The second-order valence-electron chi connectivity index (χ2n) is 9.60. The fourth-order valence-electron chi connectivity index (χ4n) is 4.65. The summed E-state index contributed by atoms with van der Waals surface area (Å²) in [7, 11) is 1.68. The molecule has 0 saturated carbocycles. The van der Waals surface area contributed by atoms with Gasteiger partial charge in [-0.1, -0.05) is 65.8 Å². The number of nitrogens with zero attached hydrogens (tertiary/aromatic N) is 4. The molecular formula is C31H32ClN5O2S. The van der Waals surface area contributed by atoms with Crippen molar-refractivity contribution in [3.63, 3.8) is 0 Å². The molecule has 1 aliphatic heterocycles. The molecule has 0 radical (unpaired) electrons. The number of hydrogen-bond acceptors (Lipinski definition) is 7. The summed E-state index contributed by atoms with van der Waals surface area (Å²) in [5.41, 5.74) is 3.90. The van der Waals surface area contributed by atoms with Gasteiger partial charge in [0.15, 0.2) is 5.16 Å². The first kappa shape index (κ1) is 27.8. The minimum atomic E-state index is -0.0988. The van der Waals surface area contributed by atoms with E-state index >= 15 is 0 Å². The Morgan fingerprint density at radius 1 is 0.950 bits per heavy atom. The van der Waals surface area contributed by atoms with Gasteiger partial charge in [0.05, 0.1) is 13.2 Å². The normalized spacial score (nSPS) is 14.1. The Hall–Kier alpha value is -3.75. The van der Waals surface area contributed by atoms with Crippen molar-refractivity contribution < 1.29 is 9.53 Å². The van der Waals surface area contributed by atoms with E-state index in [2.05, 4.69) is 32.2 Å². The highest BCUT2D eigenvalue weighted by molar-refractivity contribution is 7.98. The second-order valence-corrected chi connectivity index (χ2v) is 10.9. The molecule has 4 aromatic rings. The average molecular weight is 574 g/mol. The van der Waals surface area contributed by atoms with Crippen molar-refractivity contribution in [3.05, 3.63) is 107 Å². The smallest absolute Gasteiger partial charge is 0.251 e. The van der Waals surface area contributed by atoms with Crippen LogP contribution in [-0.4, -0.2) is 49.2 Å². The van der Waals surface area contributed by atoms with E-state index in [0.29, 0.717) is 21.6 Å². The zero-order valence-corrected chi connectivity index (χ0v) is 24.2. The van der Waals surface area contributed by atoms with Gasteiger partial charge in [0.2, 0.25) is 0 Å². The molecule has 40 heavy (non-hydrogen) atoms. The first-order valence-electron chi connectivity index (χ1n) is 13.2. The van der Waals surface area contributed by atoms with Gasteiger partial charge in [0.25, 0.3) is 5.91 Å². The minimum absolute atomic E-state index is 0.0805. The minimum Gasteiger partial charge on any atom is -0.497 e. The summed E-state index contributed by atoms with van der Waals surface area (Å²) in [6.45, 7) is 5.42. The van der Waals surface area contributed by atoms with Crippen LogP contribution in [0, 0.1) is 0 Å². The molecule has 2 heterocycles. The van der Waals surface area contributed by atoms with Crippen molar-refractivity contribution in [2.75, 3.05) is 43.1 Å². The SMILES string of the molecule is COc1ccc(N2CCN(c3cc(Cl)nc(SCc4cccc(C(=O)NC(C)c5ccccc5)c4)n3)CC2)cc1. The van der Waals surface area contributed by atoms with Crippen LogP contribution in [0.2, 0.25) is 5.15 Å². The first-order valence-corrected chi connectivity index (χ1v) is 14.6. The molecule has 1 aliphatic rings. The molecule has 0 aliphatic carbocycles. The molecule has 1 fully saturated rings. The Balaban J connectivity index is 1.18. The van der Waals surface area contributed by atoms with Gasteiger partial charge in [-0.25, -0.2) is 9.97 Å². The number of anilines is 2. The summed E-state index contributed by atoms with van der Waals surface area (Å²) in [5.74, 6) is 2.22. The molecule has 1 amide bonds. The van der Waals surface area contributed by atoms with Gasteiger partial charge in [0.1, 0.15) is 16.7 Å². The predicted molar refractivity (Wildman–Crippen MR) is 163 cm³/mol. The summed E-state index contributed by atoms with van der Waals surface area (Å²) in [5, 5.41) is 4.12. The van der Waals surface area contributed by atoms with Crippen molar-refractivity contribution in [1.29, 1.82) is 0 Å². The summed E-state index contributed by atoms with van der Waals surface area (Å²) in [6.07, 6.45) is 0. The third-order valence-electron chi connectivity index (χ3n) is 6.91. The van der Waals surface area contributed by atoms with Crippen LogP contribution in [0.4, 0.5) is 11.5 Å². The van der Waals surface area contributed by atoms with E-state index in [4.69, 9.17) is 21.3 Å². The molecule has 5 rings (SSSR count). The monoisotopic (exact) mass is 573 g/mol. The predicted octanol–water partition coefficient (Wildman–Crippen LogP) is 6.25. The number of nitrogens with one attached hydrogen (secondary N) is 1. The molecule has 9 heteroatoms. The number of aromatic nitrogens is 2. The van der Waals surface area contributed by atoms with Crippen molar-refractivity contribution >= 4 is 40.8 Å². The molecule has 3 aromatic carbocycles. The Morgan fingerprint density at radius 2 is 1.68 bits per heavy atom. The molecule has 1 saturated heterocycles. The highest BCUT2D eigenvalue weighted by Gasteiger charge is 2.20. The quantitative estimate of drug-likeness (QED) is 0.144. The number of thioether (sulfide) groups is 1. The molecule has 1 aromatic heterocycles. The lowest BCUT2D eigenvalue weighted by molar-refractivity contribution is 0.0940. The van der Waals surface area contributed by atoms with Crippen LogP contribution < -0.4 is 19.9 Å². The number of carbonyl (C=O) groups excluding carboxylic acids is 1. The van der Waals surface area contributed by atoms with Crippen LogP contribution >= 0.6 is 23.4 Å². The fraction of sp³-hybridized carbons (Fsp3) is 0.258. The Bertz CT molecular complexity index is 1430. The lowest BCUT2D eigenvalue weighted by Gasteiger charge is -2.36. The fourth-order valence-corrected chi connectivity index (χ4v) is 5.68. The number of carbonyl (C=O) groups is 1. The maximum atomic E-state index is 12.9. The topological polar surface area (TPSA) is 70.6 Å². The van der Waals surface area contributed by atoms with Crippen LogP contribution in [0.1, 0.15) is 34.5 Å². The Morgan fingerprint density at radius 3 is 2.40 bits per heavy atom. The number of ether oxygens (including phenoxy) is 1. The molecule has 1 N–H and O–H groups in total. The van der Waals surface area contributed by atoms with Gasteiger partial charge in [-0.15, -0.1) is 0 Å². The van der Waals surface area contributed by atoms with Gasteiger partial charge in [-0.05, 0) is 54.4 Å². The van der Waals surface area contributed by atoms with Gasteiger partial charge < -0.3 is 19.9 Å². The molecule has 0 spiro atoms. The zero-order chi connectivity index (χ0) is 27.9. The number of amides is 1. The van der Waals surface area contributed by atoms with E-state index in [0.717, 1.165) is 48.9 Å². The zero-order valence-electron chi connectivity index (χ0n) is 22.6. The van der Waals surface area contributed by atoms with E-state index in [1.807, 2.05) is 79.7 Å². The van der Waals surface area contributed by atoms with E-state index in [9.17, 15) is 4.79 Å². The highest BCUT2D eigenvalue weighted by Crippen LogP contribution is 2.27. The number of piperazine rings is 1. The summed E-state index contributed by atoms with van der Waals surface area (Å²) >= 11 is 7.91. The van der Waals surface area contributed by atoms with Gasteiger partial charge in [-0.3, -0.25) is 4.79 Å². The summed E-state index contributed by atoms with van der Waals surface area (Å²) in [6, 6.07) is 27.5. The van der Waals surface area contributed by atoms with E-state index in [1.54, 1.807) is 7.11 Å². The van der Waals surface area contributed by atoms with Crippen LogP contribution in [0.25, 0.3) is 0 Å². The number of rotatable bonds is 9. The number of methoxy groups -OCH3 is 1. The van der Waals surface area contributed by atoms with Crippen LogP contribution in [0.3, 0.4) is 0 Å². The molecule has 0 bridgehead atoms. The lowest BCUT2D eigenvalue weighted by atomic mass is 10.1. The Labute approximate surface area is 244 Å². The standard InChI is InChI=1S/C31H32ClN5O2S/c1-22(24-8-4-3-5-9-24)33-30(38)25-10-6-7-23(19-25)21-40-31-34-28(32)20-29(35-31)37-17-15-36(16-18-37)26-11-13-27(39-2)14-12-26/h3-14,19-20,22H,15-18,21H2,1-2H3,(H,33,38). The van der Waals surface area contributed by atoms with Crippen LogP contribution in [0.15, 0.2) is 90.1 Å². The first-order chi connectivity index (χ1) is 19.5. The molecule has 1 unspecified atom stereocenters. The van der Waals surface area contributed by atoms with Crippen LogP contribution in [-0.2, 0) is 5.75 Å². The summed E-state index contributed by atoms with van der Waals surface area (Å²) < 4.78 is 5.27. The highest BCUT2D eigenvalue weighted by atomic mass is 35.5. The molecule has 7 nitrogen and oxygen atoms in total. The van der Waals surface area contributed by atoms with E-state index < -0.39 is 0 Å². The molecule has 1 atom stereocenters. The van der Waals surface area contributed by atoms with Crippen molar-refractivity contribution in [3.8, 4) is 5.75 Å². The maximum Gasteiger partial charge on any atom is 0.251 e. The molecule has 206 valence electrons. The van der Waals surface area contributed by atoms with E-state index in [1.165, 1.54) is 17.4 Å². The van der Waals surface area contributed by atoms with Crippen molar-refractivity contribution in [2.24, 2.45) is 0 Å². The average Bonchev–Trinajstić information content (AvgIpc) is 3.00. The van der Waals surface area contributed by atoms with Gasteiger partial charge in [0, 0.05) is 49.2 Å². The second kappa shape index (κ2) is 13.1. The Kier molecular flexibility index (Phi) is 9.08.